The molecule has 0 radical (unpaired) electrons. The van der Waals surface area contributed by atoms with Crippen molar-refractivity contribution in [1.82, 2.24) is 0 Å². The van der Waals surface area contributed by atoms with Crippen molar-refractivity contribution in [2.45, 2.75) is 428 Å². The van der Waals surface area contributed by atoms with Crippen LogP contribution in [0.3, 0.4) is 0 Å². The lowest BCUT2D eigenvalue weighted by atomic mass is 9.49. The summed E-state index contributed by atoms with van der Waals surface area (Å²) in [5, 5.41) is 0. The van der Waals surface area contributed by atoms with Crippen LogP contribution >= 0.6 is 0 Å². The van der Waals surface area contributed by atoms with E-state index < -0.39 is 12.7 Å². The van der Waals surface area contributed by atoms with Gasteiger partial charge in [-0.25, -0.2) is 0 Å². The molecule has 82 heavy (non-hydrogen) atoms. The molecule has 4 bridgehead atoms. The monoisotopic (exact) mass is 1150 g/mol. The summed E-state index contributed by atoms with van der Waals surface area (Å²) in [5.41, 5.74) is 4.25. The summed E-state index contributed by atoms with van der Waals surface area (Å²) in [4.78, 5) is 0. The quantitative estimate of drug-likeness (QED) is 0.259. The van der Waals surface area contributed by atoms with Crippen molar-refractivity contribution in [2.24, 2.45) is 97.0 Å². The molecule has 12 aliphatic rings. The Morgan fingerprint density at radius 1 is 0.415 bits per heavy atom. The minimum Gasteiger partial charge on any atom is -0.0651 e. The molecule has 12 fully saturated rings. The second-order valence-corrected chi connectivity index (χ2v) is 35.9. The first-order valence-corrected chi connectivity index (χ1v) is 37.0. The summed E-state index contributed by atoms with van der Waals surface area (Å²) in [6.45, 7) is 45.6. The summed E-state index contributed by atoms with van der Waals surface area (Å²) >= 11 is 0. The number of rotatable bonds is 2. The molecule has 0 aromatic carbocycles. The van der Waals surface area contributed by atoms with Crippen molar-refractivity contribution in [3.05, 3.63) is 0 Å². The molecule has 0 heterocycles. The van der Waals surface area contributed by atoms with E-state index in [0.29, 0.717) is 10.8 Å². The first-order valence-electron chi connectivity index (χ1n) is 40.5. The van der Waals surface area contributed by atoms with Gasteiger partial charge in [-0.2, -0.15) is 0 Å². The van der Waals surface area contributed by atoms with Crippen LogP contribution in [0.25, 0.3) is 0 Å². The molecule has 0 unspecified atom stereocenters. The van der Waals surface area contributed by atoms with E-state index in [4.69, 9.17) is 9.60 Å². The Hall–Kier alpha value is 0. The van der Waals surface area contributed by atoms with Gasteiger partial charge < -0.3 is 0 Å². The zero-order valence-corrected chi connectivity index (χ0v) is 61.0. The fourth-order valence-electron chi connectivity index (χ4n) is 16.4. The molecule has 0 N–H and O–H groups in total. The molecule has 490 valence electrons. The highest BCUT2D eigenvalue weighted by molar-refractivity contribution is 5.01. The highest BCUT2D eigenvalue weighted by Gasteiger charge is 2.50. The summed E-state index contributed by atoms with van der Waals surface area (Å²) in [5.74, 6) is 6.27. The predicted molar refractivity (Wildman–Crippen MR) is 375 cm³/mol. The van der Waals surface area contributed by atoms with E-state index in [1.165, 1.54) is 148 Å². The molecule has 0 amide bonds. The molecule has 12 saturated carbocycles. The SMILES string of the molecule is CC(C)(C)C.CC1CCC2(CC1)CCC(C)(C)CC2.CC1CCC2(CCCC2)CC1.CC1CCC2(CCCCC2)CC1.CCC12CC3CC(CC(C3)C1)C2.[2H]C(C)(C)C.[2H]C([2H])(C)C(C)(C)C.[2H]C([2H])(C)C(C)C.[2H]C1(C)CCCC1.[2H]C1(C)CCCCC1. The molecule has 0 aromatic rings. The van der Waals surface area contributed by atoms with Crippen molar-refractivity contribution in [3.8, 4) is 0 Å². The first kappa shape index (κ1) is 66.4. The Labute approximate surface area is 532 Å². The lowest BCUT2D eigenvalue weighted by molar-refractivity contribution is -0.0545. The van der Waals surface area contributed by atoms with E-state index in [1.807, 2.05) is 69.2 Å². The zero-order valence-electron chi connectivity index (χ0n) is 68.0. The Bertz CT molecular complexity index is 1720. The van der Waals surface area contributed by atoms with E-state index in [1.54, 1.807) is 104 Å². The smallest absolute Gasteiger partial charge is 0.0300 e. The van der Waals surface area contributed by atoms with Gasteiger partial charge in [0.05, 0.1) is 0 Å². The molecule has 12 rings (SSSR count). The second kappa shape index (κ2) is 39.2. The maximum absolute atomic E-state index is 7.63. The fourth-order valence-corrected chi connectivity index (χ4v) is 16.4. The van der Waals surface area contributed by atoms with Gasteiger partial charge in [-0.05, 0) is 225 Å². The predicted octanol–water partition coefficient (Wildman–Crippen LogP) is 29.3. The van der Waals surface area contributed by atoms with Gasteiger partial charge in [0, 0.05) is 9.60 Å². The average Bonchev–Trinajstić information content (AvgIpc) is 1.37. The van der Waals surface area contributed by atoms with E-state index in [-0.39, 0.29) is 29.0 Å². The molecule has 12 aliphatic carbocycles. The average molecular weight is 1160 g/mol. The highest BCUT2D eigenvalue weighted by Crippen LogP contribution is 2.61. The van der Waals surface area contributed by atoms with E-state index in [0.717, 1.165) is 82.9 Å². The molecule has 0 aliphatic heterocycles. The van der Waals surface area contributed by atoms with Crippen molar-refractivity contribution < 1.29 is 9.60 Å². The van der Waals surface area contributed by atoms with Crippen molar-refractivity contribution >= 4 is 0 Å². The standard InChI is InChI=1S/C14H26.C12H20.C12H22.C11H20.C7H14.C6H12.C6H14.2C5H12.C4H10/c1-12-4-6-14(7-5-12)10-8-13(2,3)9-11-14;1-2-12-6-9-3-10(7-12)5-11(4-9)8-12;1-11-5-9-12(10-6-11)7-3-2-4-8-12;1-10-4-8-11(9-5-10)6-2-3-7-11;1-7-5-3-2-4-6-7;1-6-4-2-3-5-6;1-5-6(2,3)4;1-5(2,3)4;1-4-5(2)3;1-4(2)3/h12H,4-11H2,1-3H3;9-11H,2-8H2,1H3;11H,2-10H2,1H3;10H,2-9H2,1H3;7H,2-6H2,1H3;6H,2-5H2,1H3;5H2,1-4H3;1-4H3;5H,4H2,1-3H3;4H,1-3H3/i;;;;7D;6D;5D2;;4D2;4D. The van der Waals surface area contributed by atoms with Gasteiger partial charge in [0.2, 0.25) is 0 Å². The minimum absolute atomic E-state index is 0.0556. The van der Waals surface area contributed by atoms with Crippen molar-refractivity contribution in [1.29, 1.82) is 0 Å². The lowest BCUT2D eigenvalue weighted by Gasteiger charge is -2.56. The largest absolute Gasteiger partial charge is 0.0651 e. The number of hydrogen-bond acceptors (Lipinski definition) is 0. The normalized spacial score (nSPS) is 31.5. The first-order chi connectivity index (χ1) is 40.5. The summed E-state index contributed by atoms with van der Waals surface area (Å²) in [7, 11) is 0. The van der Waals surface area contributed by atoms with Crippen LogP contribution in [-0.4, -0.2) is 0 Å². The number of hydrogen-bond donors (Lipinski definition) is 0. The third-order valence-corrected chi connectivity index (χ3v) is 22.7. The Balaban J connectivity index is 0.000000343. The van der Waals surface area contributed by atoms with Crippen LogP contribution in [0.15, 0.2) is 0 Å². The molecule has 0 heteroatoms. The van der Waals surface area contributed by atoms with Gasteiger partial charge in [0.25, 0.3) is 0 Å². The van der Waals surface area contributed by atoms with Crippen molar-refractivity contribution in [3.63, 3.8) is 0 Å². The van der Waals surface area contributed by atoms with Gasteiger partial charge in [0.1, 0.15) is 0 Å². The van der Waals surface area contributed by atoms with E-state index in [2.05, 4.69) is 69.2 Å². The third-order valence-electron chi connectivity index (χ3n) is 22.7. The Kier molecular flexibility index (Phi) is 31.8. The van der Waals surface area contributed by atoms with Gasteiger partial charge in [-0.1, -0.05) is 300 Å². The molecule has 3 spiro atoms. The van der Waals surface area contributed by atoms with Crippen LogP contribution in [-0.2, 0) is 0 Å². The van der Waals surface area contributed by atoms with Gasteiger partial charge >= 0.3 is 0 Å². The van der Waals surface area contributed by atoms with Gasteiger partial charge in [0.15, 0.2) is 0 Å². The molecular formula is C82H162. The maximum atomic E-state index is 7.63. The molecule has 0 atom stereocenters. The summed E-state index contributed by atoms with van der Waals surface area (Å²) in [6, 6.07) is 0. The van der Waals surface area contributed by atoms with Crippen molar-refractivity contribution in [2.75, 3.05) is 0 Å². The van der Waals surface area contributed by atoms with Crippen LogP contribution in [0.1, 0.15) is 438 Å². The van der Waals surface area contributed by atoms with E-state index in [9.17, 15) is 0 Å². The Morgan fingerprint density at radius 2 is 0.659 bits per heavy atom. The topological polar surface area (TPSA) is 0 Å². The lowest BCUT2D eigenvalue weighted by Crippen LogP contribution is -2.45. The van der Waals surface area contributed by atoms with E-state index >= 15 is 0 Å². The van der Waals surface area contributed by atoms with Gasteiger partial charge in [-0.3, -0.25) is 0 Å². The highest BCUT2D eigenvalue weighted by atomic mass is 14.5. The van der Waals surface area contributed by atoms with Crippen LogP contribution in [0, 0.1) is 97.0 Å². The van der Waals surface area contributed by atoms with Crippen LogP contribution in [0.2, 0.25) is 0 Å². The summed E-state index contributed by atoms with van der Waals surface area (Å²) < 4.78 is 50.7. The van der Waals surface area contributed by atoms with Crippen LogP contribution in [0.5, 0.6) is 0 Å². The fraction of sp³-hybridized carbons (Fsp3) is 1.00. The zero-order chi connectivity index (χ0) is 68.0. The Morgan fingerprint density at radius 3 is 0.890 bits per heavy atom. The van der Waals surface area contributed by atoms with Gasteiger partial charge in [-0.15, -0.1) is 0 Å². The molecular weight excluding hydrogens is 985 g/mol. The molecule has 0 saturated heterocycles. The summed E-state index contributed by atoms with van der Waals surface area (Å²) in [6.07, 6.45) is 58.0. The van der Waals surface area contributed by atoms with Crippen LogP contribution < -0.4 is 0 Å². The second-order valence-electron chi connectivity index (χ2n) is 35.9. The van der Waals surface area contributed by atoms with Crippen LogP contribution in [0.4, 0.5) is 0 Å². The molecule has 0 aromatic heterocycles. The minimum atomic E-state index is -1.06. The molecule has 0 nitrogen and oxygen atoms in total. The maximum Gasteiger partial charge on any atom is 0.0300 e. The third kappa shape index (κ3) is 35.3.